The number of aromatic carboxylic acids is 1. The molecule has 1 aliphatic heterocycles. The summed E-state index contributed by atoms with van der Waals surface area (Å²) in [7, 11) is 0. The van der Waals surface area contributed by atoms with E-state index in [-0.39, 0.29) is 23.7 Å². The Bertz CT molecular complexity index is 738. The summed E-state index contributed by atoms with van der Waals surface area (Å²) >= 11 is 0. The smallest absolute Gasteiger partial charge is 0.335 e. The number of carboxylic acid groups (broad SMARTS) is 1. The number of ketones is 1. The number of nitrogens with one attached hydrogen (secondary N) is 1. The lowest BCUT2D eigenvalue weighted by Crippen LogP contribution is -2.25. The number of benzene rings is 2. The first-order valence-corrected chi connectivity index (χ1v) is 6.85. The highest BCUT2D eigenvalue weighted by Crippen LogP contribution is 2.30. The fourth-order valence-electron chi connectivity index (χ4n) is 2.64. The van der Waals surface area contributed by atoms with Crippen molar-refractivity contribution < 1.29 is 14.7 Å². The van der Waals surface area contributed by atoms with Gasteiger partial charge in [0.2, 0.25) is 0 Å². The Labute approximate surface area is 127 Å². The van der Waals surface area contributed by atoms with E-state index in [2.05, 4.69) is 0 Å². The molecule has 0 aliphatic carbocycles. The molecule has 5 heteroatoms. The largest absolute Gasteiger partial charge is 0.478 e. The topological polar surface area (TPSA) is 81.5 Å². The molecule has 1 aliphatic rings. The molecular weight excluding hydrogens is 280 g/mol. The molecule has 22 heavy (non-hydrogen) atoms. The molecule has 0 saturated carbocycles. The number of rotatable bonds is 3. The van der Waals surface area contributed by atoms with Crippen molar-refractivity contribution in [1.29, 1.82) is 5.41 Å². The number of carbonyl (C=O) groups excluding carboxylic acids is 1. The summed E-state index contributed by atoms with van der Waals surface area (Å²) < 4.78 is 0. The number of Topliss-reactive ketones (excluding diaryl/α,β-unsaturated/α-hetero) is 1. The van der Waals surface area contributed by atoms with Crippen LogP contribution in [0.1, 0.15) is 21.8 Å². The molecule has 0 aromatic heterocycles. The maximum absolute atomic E-state index is 12.3. The Hall–Kier alpha value is -2.95. The van der Waals surface area contributed by atoms with Crippen molar-refractivity contribution in [2.24, 2.45) is 0 Å². The van der Waals surface area contributed by atoms with Crippen LogP contribution in [0.25, 0.3) is 0 Å². The van der Waals surface area contributed by atoms with Crippen LogP contribution < -0.4 is 4.90 Å². The minimum absolute atomic E-state index is 0.0292. The van der Waals surface area contributed by atoms with E-state index in [0.717, 1.165) is 5.56 Å². The van der Waals surface area contributed by atoms with Gasteiger partial charge in [-0.15, -0.1) is 0 Å². The molecular formula is C17H14N2O3. The van der Waals surface area contributed by atoms with Crippen LogP contribution in [0.2, 0.25) is 0 Å². The number of anilines is 1. The van der Waals surface area contributed by atoms with Gasteiger partial charge in [0.15, 0.2) is 5.78 Å². The number of hydrogen-bond acceptors (Lipinski definition) is 3. The van der Waals surface area contributed by atoms with E-state index in [1.54, 1.807) is 17.0 Å². The molecule has 2 aromatic carbocycles. The molecule has 110 valence electrons. The maximum Gasteiger partial charge on any atom is 0.335 e. The van der Waals surface area contributed by atoms with Crippen molar-refractivity contribution in [1.82, 2.24) is 0 Å². The van der Waals surface area contributed by atoms with Gasteiger partial charge >= 0.3 is 5.97 Å². The normalized spacial score (nSPS) is 17.8. The first-order chi connectivity index (χ1) is 10.6. The zero-order valence-corrected chi connectivity index (χ0v) is 11.7. The second-order valence-electron chi connectivity index (χ2n) is 5.13. The average Bonchev–Trinajstić information content (AvgIpc) is 2.83. The second-order valence-corrected chi connectivity index (χ2v) is 5.13. The van der Waals surface area contributed by atoms with Crippen LogP contribution in [-0.2, 0) is 4.79 Å². The van der Waals surface area contributed by atoms with Crippen molar-refractivity contribution in [3.8, 4) is 0 Å². The highest BCUT2D eigenvalue weighted by atomic mass is 16.4. The predicted octanol–water partition coefficient (Wildman–Crippen LogP) is 2.53. The van der Waals surface area contributed by atoms with Gasteiger partial charge in [0.05, 0.1) is 12.1 Å². The van der Waals surface area contributed by atoms with Crippen LogP contribution in [0.15, 0.2) is 54.6 Å². The summed E-state index contributed by atoms with van der Waals surface area (Å²) in [4.78, 5) is 24.8. The summed E-state index contributed by atoms with van der Waals surface area (Å²) in [5.74, 6) is -1.36. The number of hydrogen-bond donors (Lipinski definition) is 2. The molecule has 1 fully saturated rings. The van der Waals surface area contributed by atoms with Crippen LogP contribution in [0.4, 0.5) is 5.69 Å². The summed E-state index contributed by atoms with van der Waals surface area (Å²) in [6, 6.07) is 15.4. The van der Waals surface area contributed by atoms with Gasteiger partial charge < -0.3 is 10.0 Å². The van der Waals surface area contributed by atoms with Gasteiger partial charge in [-0.3, -0.25) is 10.2 Å². The van der Waals surface area contributed by atoms with Gasteiger partial charge in [-0.25, -0.2) is 4.79 Å². The number of carboxylic acids is 1. The van der Waals surface area contributed by atoms with E-state index in [0.29, 0.717) is 5.69 Å². The molecule has 5 nitrogen and oxygen atoms in total. The molecule has 3 rings (SSSR count). The fourth-order valence-corrected chi connectivity index (χ4v) is 2.64. The maximum atomic E-state index is 12.3. The lowest BCUT2D eigenvalue weighted by Gasteiger charge is -2.18. The highest BCUT2D eigenvalue weighted by molar-refractivity contribution is 6.22. The second kappa shape index (κ2) is 5.44. The Morgan fingerprint density at radius 2 is 1.73 bits per heavy atom. The van der Waals surface area contributed by atoms with Gasteiger partial charge in [-0.2, -0.15) is 0 Å². The first kappa shape index (κ1) is 14.0. The number of amidine groups is 1. The Morgan fingerprint density at radius 3 is 2.32 bits per heavy atom. The van der Waals surface area contributed by atoms with E-state index in [1.165, 1.54) is 12.1 Å². The summed E-state index contributed by atoms with van der Waals surface area (Å²) in [5, 5.41) is 17.2. The molecule has 1 heterocycles. The van der Waals surface area contributed by atoms with Crippen molar-refractivity contribution in [2.45, 2.75) is 5.92 Å². The monoisotopic (exact) mass is 294 g/mol. The standard InChI is InChI=1S/C17H14N2O3/c18-16-15(11-4-2-1-3-5-11)14(20)10-19(16)13-8-6-12(7-9-13)17(21)22/h1-9,15,18H,10H2,(H,21,22). The van der Waals surface area contributed by atoms with Crippen molar-refractivity contribution in [3.63, 3.8) is 0 Å². The predicted molar refractivity (Wildman–Crippen MR) is 82.7 cm³/mol. The van der Waals surface area contributed by atoms with Crippen LogP contribution in [0, 0.1) is 5.41 Å². The molecule has 2 N–H and O–H groups in total. The highest BCUT2D eigenvalue weighted by Gasteiger charge is 2.37. The molecule has 0 amide bonds. The van der Waals surface area contributed by atoms with E-state index in [1.807, 2.05) is 30.3 Å². The Balaban J connectivity index is 1.89. The molecule has 1 unspecified atom stereocenters. The van der Waals surface area contributed by atoms with Crippen LogP contribution >= 0.6 is 0 Å². The van der Waals surface area contributed by atoms with Crippen molar-refractivity contribution >= 4 is 23.3 Å². The van der Waals surface area contributed by atoms with E-state index in [4.69, 9.17) is 10.5 Å². The van der Waals surface area contributed by atoms with Crippen LogP contribution in [0.5, 0.6) is 0 Å². The summed E-state index contributed by atoms with van der Waals surface area (Å²) in [6.07, 6.45) is 0. The van der Waals surface area contributed by atoms with Crippen LogP contribution in [0.3, 0.4) is 0 Å². The van der Waals surface area contributed by atoms with Gasteiger partial charge in [0.25, 0.3) is 0 Å². The summed E-state index contributed by atoms with van der Waals surface area (Å²) in [6.45, 7) is 0.130. The Kier molecular flexibility index (Phi) is 3.47. The fraction of sp³-hybridized carbons (Fsp3) is 0.118. The Morgan fingerprint density at radius 1 is 1.09 bits per heavy atom. The zero-order chi connectivity index (χ0) is 15.7. The summed E-state index contributed by atoms with van der Waals surface area (Å²) in [5.41, 5.74) is 1.64. The van der Waals surface area contributed by atoms with Crippen LogP contribution in [-0.4, -0.2) is 29.2 Å². The third kappa shape index (κ3) is 2.37. The lowest BCUT2D eigenvalue weighted by molar-refractivity contribution is -0.116. The van der Waals surface area contributed by atoms with Crippen molar-refractivity contribution in [3.05, 3.63) is 65.7 Å². The third-order valence-electron chi connectivity index (χ3n) is 3.76. The van der Waals surface area contributed by atoms with Gasteiger partial charge in [-0.05, 0) is 29.8 Å². The lowest BCUT2D eigenvalue weighted by atomic mass is 9.96. The quantitative estimate of drug-likeness (QED) is 0.911. The number of carbonyl (C=O) groups is 2. The van der Waals surface area contributed by atoms with Gasteiger partial charge in [0, 0.05) is 5.69 Å². The SMILES string of the molecule is N=C1C(c2ccccc2)C(=O)CN1c1ccc(C(=O)O)cc1. The van der Waals surface area contributed by atoms with E-state index < -0.39 is 11.9 Å². The molecule has 0 bridgehead atoms. The molecule has 0 radical (unpaired) electrons. The van der Waals surface area contributed by atoms with E-state index in [9.17, 15) is 9.59 Å². The minimum atomic E-state index is -0.999. The zero-order valence-electron chi connectivity index (χ0n) is 11.7. The molecule has 1 saturated heterocycles. The first-order valence-electron chi connectivity index (χ1n) is 6.85. The van der Waals surface area contributed by atoms with E-state index >= 15 is 0 Å². The molecule has 0 spiro atoms. The van der Waals surface area contributed by atoms with Gasteiger partial charge in [0.1, 0.15) is 11.8 Å². The third-order valence-corrected chi connectivity index (χ3v) is 3.76. The van der Waals surface area contributed by atoms with Gasteiger partial charge in [-0.1, -0.05) is 30.3 Å². The molecule has 1 atom stereocenters. The average molecular weight is 294 g/mol. The molecule has 2 aromatic rings. The van der Waals surface area contributed by atoms with Crippen molar-refractivity contribution in [2.75, 3.05) is 11.4 Å². The number of nitrogens with zero attached hydrogens (tertiary/aromatic N) is 1. The minimum Gasteiger partial charge on any atom is -0.478 e.